The Morgan fingerprint density at radius 1 is 1.37 bits per heavy atom. The summed E-state index contributed by atoms with van der Waals surface area (Å²) in [6.45, 7) is 5.71. The Bertz CT molecular complexity index is 323. The van der Waals surface area contributed by atoms with Gasteiger partial charge in [-0.2, -0.15) is 0 Å². The zero-order chi connectivity index (χ0) is 13.5. The molecule has 19 heavy (non-hydrogen) atoms. The lowest BCUT2D eigenvalue weighted by atomic mass is 9.94. The summed E-state index contributed by atoms with van der Waals surface area (Å²) < 4.78 is 5.71. The van der Waals surface area contributed by atoms with E-state index in [2.05, 4.69) is 17.9 Å². The minimum absolute atomic E-state index is 0.217. The summed E-state index contributed by atoms with van der Waals surface area (Å²) in [5, 5.41) is 0. The van der Waals surface area contributed by atoms with Crippen LogP contribution < -0.4 is 0 Å². The van der Waals surface area contributed by atoms with Crippen molar-refractivity contribution in [3.63, 3.8) is 0 Å². The Balaban J connectivity index is 1.93. The van der Waals surface area contributed by atoms with Crippen LogP contribution in [0, 0.1) is 0 Å². The van der Waals surface area contributed by atoms with Crippen molar-refractivity contribution in [1.82, 2.24) is 4.90 Å². The molecule has 0 radical (unpaired) electrons. The lowest BCUT2D eigenvalue weighted by molar-refractivity contribution is -0.132. The van der Waals surface area contributed by atoms with Crippen LogP contribution in [0.2, 0.25) is 0 Å². The first kappa shape index (κ1) is 14.7. The van der Waals surface area contributed by atoms with Crippen molar-refractivity contribution in [3.05, 3.63) is 11.6 Å². The van der Waals surface area contributed by atoms with E-state index in [1.54, 1.807) is 0 Å². The second-order valence-corrected chi connectivity index (χ2v) is 5.71. The maximum Gasteiger partial charge on any atom is 0.188 e. The highest BCUT2D eigenvalue weighted by Gasteiger charge is 2.28. The van der Waals surface area contributed by atoms with Crippen molar-refractivity contribution < 1.29 is 9.53 Å². The third-order valence-electron chi connectivity index (χ3n) is 4.09. The molecule has 0 bridgehead atoms. The van der Waals surface area contributed by atoms with Gasteiger partial charge in [0.1, 0.15) is 6.10 Å². The number of hydrogen-bond acceptors (Lipinski definition) is 3. The molecule has 0 saturated carbocycles. The van der Waals surface area contributed by atoms with E-state index in [-0.39, 0.29) is 11.9 Å². The first-order chi connectivity index (χ1) is 9.31. The van der Waals surface area contributed by atoms with Gasteiger partial charge in [-0.3, -0.25) is 9.69 Å². The molecule has 0 amide bonds. The molecule has 1 aliphatic carbocycles. The highest BCUT2D eigenvalue weighted by atomic mass is 16.5. The fraction of sp³-hybridized carbons (Fsp3) is 0.812. The van der Waals surface area contributed by atoms with E-state index in [0.717, 1.165) is 50.9 Å². The highest BCUT2D eigenvalue weighted by Crippen LogP contribution is 2.20. The van der Waals surface area contributed by atoms with Crippen molar-refractivity contribution in [2.24, 2.45) is 0 Å². The summed E-state index contributed by atoms with van der Waals surface area (Å²) >= 11 is 0. The molecule has 3 heteroatoms. The Morgan fingerprint density at radius 3 is 3.05 bits per heavy atom. The summed E-state index contributed by atoms with van der Waals surface area (Å²) in [6, 6.07) is 0. The molecular weight excluding hydrogens is 238 g/mol. The van der Waals surface area contributed by atoms with Gasteiger partial charge in [0.2, 0.25) is 0 Å². The standard InChI is InChI=1S/C16H27NO2/c1-2-10-17-11-12-19-15(13-17)16(18)14-8-6-4-3-5-7-9-14/h8,15H,2-7,9-13H2,1H3. The number of Topliss-reactive ketones (excluding diaryl/α,β-unsaturated/α-hetero) is 1. The van der Waals surface area contributed by atoms with E-state index >= 15 is 0 Å². The van der Waals surface area contributed by atoms with Gasteiger partial charge in [0.25, 0.3) is 0 Å². The van der Waals surface area contributed by atoms with Crippen LogP contribution in [-0.4, -0.2) is 43.0 Å². The Hall–Kier alpha value is -0.670. The second-order valence-electron chi connectivity index (χ2n) is 5.71. The maximum atomic E-state index is 12.5. The van der Waals surface area contributed by atoms with E-state index in [4.69, 9.17) is 4.74 Å². The SMILES string of the molecule is CCCN1CCOC(C(=O)C2=CCCCCCC2)C1. The van der Waals surface area contributed by atoms with E-state index in [0.29, 0.717) is 6.61 Å². The molecule has 2 aliphatic rings. The van der Waals surface area contributed by atoms with Gasteiger partial charge in [-0.1, -0.05) is 25.8 Å². The van der Waals surface area contributed by atoms with Gasteiger partial charge < -0.3 is 4.74 Å². The zero-order valence-corrected chi connectivity index (χ0v) is 12.2. The summed E-state index contributed by atoms with van der Waals surface area (Å²) in [6.07, 6.45) is 10.1. The lowest BCUT2D eigenvalue weighted by Gasteiger charge is -2.32. The number of ether oxygens (including phenoxy) is 1. The van der Waals surface area contributed by atoms with Crippen molar-refractivity contribution >= 4 is 5.78 Å². The average Bonchev–Trinajstić information content (AvgIpc) is 2.38. The molecular formula is C16H27NO2. The topological polar surface area (TPSA) is 29.5 Å². The van der Waals surface area contributed by atoms with Crippen LogP contribution in [-0.2, 0) is 9.53 Å². The molecule has 0 N–H and O–H groups in total. The number of carbonyl (C=O) groups excluding carboxylic acids is 1. The van der Waals surface area contributed by atoms with E-state index in [1.807, 2.05) is 0 Å². The normalized spacial score (nSPS) is 26.4. The Morgan fingerprint density at radius 2 is 2.21 bits per heavy atom. The summed E-state index contributed by atoms with van der Waals surface area (Å²) in [5.41, 5.74) is 1.03. The number of allylic oxidation sites excluding steroid dienone is 1. The Kier molecular flexibility index (Phi) is 6.05. The van der Waals surface area contributed by atoms with Gasteiger partial charge in [0, 0.05) is 13.1 Å². The van der Waals surface area contributed by atoms with Crippen LogP contribution in [0.25, 0.3) is 0 Å². The third-order valence-corrected chi connectivity index (χ3v) is 4.09. The number of nitrogens with zero attached hydrogens (tertiary/aromatic N) is 1. The third kappa shape index (κ3) is 4.43. The van der Waals surface area contributed by atoms with Gasteiger partial charge in [-0.15, -0.1) is 0 Å². The molecule has 1 fully saturated rings. The summed E-state index contributed by atoms with van der Waals surface area (Å²) in [7, 11) is 0. The first-order valence-electron chi connectivity index (χ1n) is 7.88. The van der Waals surface area contributed by atoms with E-state index < -0.39 is 0 Å². The zero-order valence-electron chi connectivity index (χ0n) is 12.2. The largest absolute Gasteiger partial charge is 0.367 e. The van der Waals surface area contributed by atoms with Gasteiger partial charge in [-0.25, -0.2) is 0 Å². The number of morpholine rings is 1. The van der Waals surface area contributed by atoms with Crippen LogP contribution in [0.3, 0.4) is 0 Å². The van der Waals surface area contributed by atoms with Crippen molar-refractivity contribution in [3.8, 4) is 0 Å². The van der Waals surface area contributed by atoms with Crippen molar-refractivity contribution in [2.75, 3.05) is 26.2 Å². The molecule has 1 atom stereocenters. The monoisotopic (exact) mass is 265 g/mol. The molecule has 1 aliphatic heterocycles. The van der Waals surface area contributed by atoms with Gasteiger partial charge in [0.05, 0.1) is 6.61 Å². The molecule has 1 heterocycles. The van der Waals surface area contributed by atoms with Crippen LogP contribution in [0.4, 0.5) is 0 Å². The molecule has 1 saturated heterocycles. The lowest BCUT2D eigenvalue weighted by Crippen LogP contribution is -2.46. The number of rotatable bonds is 4. The minimum atomic E-state index is -0.217. The molecule has 2 rings (SSSR count). The second kappa shape index (κ2) is 7.81. The number of ketones is 1. The Labute approximate surface area is 117 Å². The molecule has 0 aromatic heterocycles. The molecule has 108 valence electrons. The highest BCUT2D eigenvalue weighted by molar-refractivity contribution is 5.99. The molecule has 0 spiro atoms. The smallest absolute Gasteiger partial charge is 0.188 e. The van der Waals surface area contributed by atoms with E-state index in [9.17, 15) is 4.79 Å². The van der Waals surface area contributed by atoms with Gasteiger partial charge >= 0.3 is 0 Å². The summed E-state index contributed by atoms with van der Waals surface area (Å²) in [4.78, 5) is 14.9. The van der Waals surface area contributed by atoms with E-state index in [1.165, 1.54) is 19.3 Å². The maximum absolute atomic E-state index is 12.5. The molecule has 3 nitrogen and oxygen atoms in total. The summed E-state index contributed by atoms with van der Waals surface area (Å²) in [5.74, 6) is 0.253. The van der Waals surface area contributed by atoms with Crippen molar-refractivity contribution in [1.29, 1.82) is 0 Å². The average molecular weight is 265 g/mol. The fourth-order valence-electron chi connectivity index (χ4n) is 3.00. The first-order valence-corrected chi connectivity index (χ1v) is 7.88. The van der Waals surface area contributed by atoms with Crippen LogP contribution in [0.5, 0.6) is 0 Å². The molecule has 0 aromatic rings. The van der Waals surface area contributed by atoms with Gasteiger partial charge in [-0.05, 0) is 44.2 Å². The molecule has 0 aromatic carbocycles. The van der Waals surface area contributed by atoms with Crippen molar-refractivity contribution in [2.45, 2.75) is 58.0 Å². The van der Waals surface area contributed by atoms with Crippen LogP contribution >= 0.6 is 0 Å². The van der Waals surface area contributed by atoms with Crippen LogP contribution in [0.1, 0.15) is 51.9 Å². The minimum Gasteiger partial charge on any atom is -0.367 e. The fourth-order valence-corrected chi connectivity index (χ4v) is 3.00. The quantitative estimate of drug-likeness (QED) is 0.782. The van der Waals surface area contributed by atoms with Gasteiger partial charge in [0.15, 0.2) is 5.78 Å². The predicted octanol–water partition coefficient (Wildman–Crippen LogP) is 2.95. The van der Waals surface area contributed by atoms with Crippen LogP contribution in [0.15, 0.2) is 11.6 Å². The molecule has 1 unspecified atom stereocenters. The number of hydrogen-bond donors (Lipinski definition) is 0. The predicted molar refractivity (Wildman–Crippen MR) is 77.3 cm³/mol. The number of carbonyl (C=O) groups is 1.